The van der Waals surface area contributed by atoms with Gasteiger partial charge < -0.3 is 19.0 Å². The van der Waals surface area contributed by atoms with E-state index >= 15 is 0 Å². The molecular weight excluding hydrogens is 721 g/mol. The van der Waals surface area contributed by atoms with E-state index in [0.29, 0.717) is 0 Å². The van der Waals surface area contributed by atoms with Crippen LogP contribution in [0.15, 0.2) is 199 Å². The fraction of sp³-hybridized carbons (Fsp3) is 0.0545. The Morgan fingerprint density at radius 1 is 0.407 bits per heavy atom. The summed E-state index contributed by atoms with van der Waals surface area (Å²) in [7, 11) is 0. The molecule has 12 aromatic rings. The Balaban J connectivity index is 0.00000102. The molecule has 3 aromatic heterocycles. The standard InChI is InChI=1S/C52H32N2O.C3H8.H2O/c1-2-12-33(13-3-1)35-22-26-38(27-23-35)54-47-20-10-7-18-42(47)50-43(32-45-41-17-8-11-21-49(41)55-52(45)51(50)54)37-25-29-48-44(31-37)40-16-6-9-19-46(40)53(48)39-28-24-34-14-4-5-15-36(34)30-39;1-3-2;/h1-32H;3H2,1-2H3;1H2. The molecule has 0 atom stereocenters. The first-order chi connectivity index (χ1) is 28.7. The van der Waals surface area contributed by atoms with Crippen molar-refractivity contribution >= 4 is 76.3 Å². The van der Waals surface area contributed by atoms with Crippen molar-refractivity contribution in [2.45, 2.75) is 20.3 Å². The molecule has 0 aliphatic heterocycles. The fourth-order valence-corrected chi connectivity index (χ4v) is 8.99. The Bertz CT molecular complexity index is 3500. The molecule has 0 bridgehead atoms. The highest BCUT2D eigenvalue weighted by atomic mass is 16.3. The van der Waals surface area contributed by atoms with Crippen molar-refractivity contribution in [1.29, 1.82) is 0 Å². The maximum atomic E-state index is 6.83. The molecule has 0 unspecified atom stereocenters. The maximum Gasteiger partial charge on any atom is 0.160 e. The molecule has 0 saturated carbocycles. The quantitative estimate of drug-likeness (QED) is 0.176. The molecule has 0 saturated heterocycles. The molecule has 4 heteroatoms. The summed E-state index contributed by atoms with van der Waals surface area (Å²) in [5, 5.41) is 9.55. The lowest BCUT2D eigenvalue weighted by Crippen LogP contribution is -1.95. The van der Waals surface area contributed by atoms with Crippen LogP contribution in [0, 0.1) is 0 Å². The average molecular weight is 763 g/mol. The van der Waals surface area contributed by atoms with Crippen molar-refractivity contribution in [2.75, 3.05) is 0 Å². The van der Waals surface area contributed by atoms with Crippen LogP contribution in [0.4, 0.5) is 0 Å². The van der Waals surface area contributed by atoms with Crippen LogP contribution < -0.4 is 0 Å². The van der Waals surface area contributed by atoms with Gasteiger partial charge in [-0.2, -0.15) is 0 Å². The first-order valence-corrected chi connectivity index (χ1v) is 20.3. The molecule has 0 spiro atoms. The number of aromatic nitrogens is 2. The molecule has 2 N–H and O–H groups in total. The van der Waals surface area contributed by atoms with E-state index in [9.17, 15) is 0 Å². The van der Waals surface area contributed by atoms with Gasteiger partial charge in [0.15, 0.2) is 5.58 Å². The molecule has 0 aliphatic rings. The zero-order valence-corrected chi connectivity index (χ0v) is 33.0. The van der Waals surface area contributed by atoms with Gasteiger partial charge in [0, 0.05) is 43.7 Å². The SMILES string of the molecule is CCC.O.c1ccc(-c2ccc(-n3c4ccccc4c4c(-c5ccc6c(c5)c5ccccc5n6-c5ccc6ccccc6c5)cc5c6ccccc6oc5c43)cc2)cc1. The van der Waals surface area contributed by atoms with E-state index in [-0.39, 0.29) is 5.48 Å². The first kappa shape index (κ1) is 36.0. The van der Waals surface area contributed by atoms with Gasteiger partial charge in [-0.3, -0.25) is 0 Å². The van der Waals surface area contributed by atoms with E-state index in [0.717, 1.165) is 44.3 Å². The van der Waals surface area contributed by atoms with E-state index in [1.807, 2.05) is 0 Å². The molecule has 0 fully saturated rings. The van der Waals surface area contributed by atoms with Crippen molar-refractivity contribution in [3.8, 4) is 33.6 Å². The van der Waals surface area contributed by atoms with Crippen molar-refractivity contribution in [2.24, 2.45) is 0 Å². The fourth-order valence-electron chi connectivity index (χ4n) is 8.99. The highest BCUT2D eigenvalue weighted by Gasteiger charge is 2.24. The van der Waals surface area contributed by atoms with Crippen LogP contribution in [0.5, 0.6) is 0 Å². The maximum absolute atomic E-state index is 6.83. The summed E-state index contributed by atoms with van der Waals surface area (Å²) in [4.78, 5) is 0. The Morgan fingerprint density at radius 2 is 0.983 bits per heavy atom. The predicted octanol–water partition coefficient (Wildman–Crippen LogP) is 14.9. The second-order valence-corrected chi connectivity index (χ2v) is 15.2. The number of nitrogens with zero attached hydrogens (tertiary/aromatic N) is 2. The number of fused-ring (bicyclic) bond motifs is 11. The number of hydrogen-bond donors (Lipinski definition) is 0. The number of para-hydroxylation sites is 3. The van der Waals surface area contributed by atoms with Gasteiger partial charge in [0.2, 0.25) is 0 Å². The third-order valence-electron chi connectivity index (χ3n) is 11.5. The average Bonchev–Trinajstić information content (AvgIpc) is 3.94. The lowest BCUT2D eigenvalue weighted by atomic mass is 9.95. The molecule has 0 aliphatic carbocycles. The molecule has 12 rings (SSSR count). The Hall–Kier alpha value is -7.40. The topological polar surface area (TPSA) is 54.5 Å². The first-order valence-electron chi connectivity index (χ1n) is 20.3. The minimum absolute atomic E-state index is 0. The van der Waals surface area contributed by atoms with E-state index in [1.165, 1.54) is 72.0 Å². The van der Waals surface area contributed by atoms with Gasteiger partial charge in [-0.1, -0.05) is 154 Å². The number of furan rings is 1. The van der Waals surface area contributed by atoms with E-state index in [1.54, 1.807) is 0 Å². The van der Waals surface area contributed by atoms with Crippen LogP contribution in [0.1, 0.15) is 20.3 Å². The normalized spacial score (nSPS) is 11.5. The van der Waals surface area contributed by atoms with Crippen LogP contribution in [-0.2, 0) is 0 Å². The lowest BCUT2D eigenvalue weighted by Gasteiger charge is -2.12. The molecule has 0 radical (unpaired) electrons. The van der Waals surface area contributed by atoms with Crippen LogP contribution in [0.3, 0.4) is 0 Å². The van der Waals surface area contributed by atoms with Crippen molar-refractivity contribution in [3.05, 3.63) is 194 Å². The Morgan fingerprint density at radius 3 is 1.76 bits per heavy atom. The second-order valence-electron chi connectivity index (χ2n) is 15.2. The lowest BCUT2D eigenvalue weighted by molar-refractivity contribution is 0.671. The third kappa shape index (κ3) is 5.72. The largest absolute Gasteiger partial charge is 0.454 e. The highest BCUT2D eigenvalue weighted by molar-refractivity contribution is 6.26. The Kier molecular flexibility index (Phi) is 8.85. The number of rotatable bonds is 4. The van der Waals surface area contributed by atoms with Crippen LogP contribution in [0.2, 0.25) is 0 Å². The summed E-state index contributed by atoms with van der Waals surface area (Å²) in [6.45, 7) is 4.25. The summed E-state index contributed by atoms with van der Waals surface area (Å²) >= 11 is 0. The molecular formula is C55H42N2O2. The summed E-state index contributed by atoms with van der Waals surface area (Å²) in [6, 6.07) is 70.2. The molecule has 4 nitrogen and oxygen atoms in total. The van der Waals surface area contributed by atoms with Gasteiger partial charge in [0.05, 0.1) is 22.1 Å². The summed E-state index contributed by atoms with van der Waals surface area (Å²) < 4.78 is 11.6. The van der Waals surface area contributed by atoms with Crippen molar-refractivity contribution in [1.82, 2.24) is 9.13 Å². The van der Waals surface area contributed by atoms with E-state index < -0.39 is 0 Å². The van der Waals surface area contributed by atoms with Crippen molar-refractivity contribution in [3.63, 3.8) is 0 Å². The third-order valence-corrected chi connectivity index (χ3v) is 11.5. The van der Waals surface area contributed by atoms with Gasteiger partial charge in [-0.15, -0.1) is 0 Å². The monoisotopic (exact) mass is 762 g/mol. The minimum Gasteiger partial charge on any atom is -0.454 e. The van der Waals surface area contributed by atoms with Gasteiger partial charge in [-0.25, -0.2) is 0 Å². The van der Waals surface area contributed by atoms with Crippen LogP contribution >= 0.6 is 0 Å². The van der Waals surface area contributed by atoms with Crippen LogP contribution in [0.25, 0.3) is 110 Å². The molecule has 3 heterocycles. The molecule has 0 amide bonds. The smallest absolute Gasteiger partial charge is 0.160 e. The van der Waals surface area contributed by atoms with Gasteiger partial charge in [0.1, 0.15) is 5.58 Å². The van der Waals surface area contributed by atoms with E-state index in [2.05, 4.69) is 217 Å². The summed E-state index contributed by atoms with van der Waals surface area (Å²) in [5.41, 5.74) is 13.4. The summed E-state index contributed by atoms with van der Waals surface area (Å²) in [6.07, 6.45) is 1.25. The van der Waals surface area contributed by atoms with Gasteiger partial charge >= 0.3 is 0 Å². The van der Waals surface area contributed by atoms with Gasteiger partial charge in [-0.05, 0) is 93.7 Å². The molecule has 284 valence electrons. The van der Waals surface area contributed by atoms with Crippen molar-refractivity contribution < 1.29 is 9.89 Å². The number of benzene rings is 9. The second kappa shape index (κ2) is 14.5. The summed E-state index contributed by atoms with van der Waals surface area (Å²) in [5.74, 6) is 0. The zero-order valence-electron chi connectivity index (χ0n) is 33.0. The van der Waals surface area contributed by atoms with Gasteiger partial charge in [0.25, 0.3) is 0 Å². The highest BCUT2D eigenvalue weighted by Crippen LogP contribution is 2.46. The molecule has 59 heavy (non-hydrogen) atoms. The van der Waals surface area contributed by atoms with Crippen LogP contribution in [-0.4, -0.2) is 14.6 Å². The van der Waals surface area contributed by atoms with E-state index in [4.69, 9.17) is 4.42 Å². The predicted molar refractivity (Wildman–Crippen MR) is 250 cm³/mol. The number of hydrogen-bond acceptors (Lipinski definition) is 1. The Labute approximate surface area is 342 Å². The minimum atomic E-state index is 0. The molecule has 9 aromatic carbocycles. The zero-order chi connectivity index (χ0) is 38.7.